The van der Waals surface area contributed by atoms with Crippen LogP contribution in [0, 0.1) is 0 Å². The van der Waals surface area contributed by atoms with E-state index in [4.69, 9.17) is 5.11 Å². The molecule has 0 saturated heterocycles. The summed E-state index contributed by atoms with van der Waals surface area (Å²) in [7, 11) is 0. The molecule has 2 N–H and O–H groups in total. The van der Waals surface area contributed by atoms with Crippen LogP contribution in [0.4, 0.5) is 4.79 Å². The number of carbonyl (C=O) groups excluding carboxylic acids is 1. The van der Waals surface area contributed by atoms with Gasteiger partial charge in [0, 0.05) is 11.7 Å². The summed E-state index contributed by atoms with van der Waals surface area (Å²) in [4.78, 5) is 24.0. The molecule has 0 fully saturated rings. The predicted molar refractivity (Wildman–Crippen MR) is 68.4 cm³/mol. The minimum absolute atomic E-state index is 0.207. The van der Waals surface area contributed by atoms with Crippen molar-refractivity contribution in [3.05, 3.63) is 24.0 Å². The normalized spacial score (nSPS) is 10.9. The van der Waals surface area contributed by atoms with Crippen molar-refractivity contribution < 1.29 is 14.7 Å². The van der Waals surface area contributed by atoms with E-state index in [1.54, 1.807) is 32.9 Å². The van der Waals surface area contributed by atoms with Crippen molar-refractivity contribution >= 4 is 12.0 Å². The number of amides is 2. The molecule has 0 aliphatic rings. The van der Waals surface area contributed by atoms with Gasteiger partial charge in [0.1, 0.15) is 6.54 Å². The summed E-state index contributed by atoms with van der Waals surface area (Å²) in [5.41, 5.74) is 0.0326. The van der Waals surface area contributed by atoms with E-state index in [1.165, 1.54) is 11.1 Å². The molecule has 104 valence electrons. The molecule has 1 heterocycles. The second kappa shape index (κ2) is 6.12. The molecule has 0 aromatic carbocycles. The average Bonchev–Trinajstić information content (AvgIpc) is 2.33. The van der Waals surface area contributed by atoms with Crippen LogP contribution in [0.5, 0.6) is 0 Å². The van der Waals surface area contributed by atoms with Gasteiger partial charge in [0.2, 0.25) is 0 Å². The Labute approximate surface area is 111 Å². The first kappa shape index (κ1) is 14.9. The topological polar surface area (TPSA) is 95.4 Å². The highest BCUT2D eigenvalue weighted by Gasteiger charge is 2.28. The lowest BCUT2D eigenvalue weighted by Crippen LogP contribution is -2.52. The van der Waals surface area contributed by atoms with Gasteiger partial charge >= 0.3 is 12.0 Å². The first-order chi connectivity index (χ1) is 8.80. The number of aliphatic carboxylic acids is 1. The van der Waals surface area contributed by atoms with Crippen molar-refractivity contribution in [2.75, 3.05) is 6.54 Å². The van der Waals surface area contributed by atoms with Crippen LogP contribution in [0.2, 0.25) is 0 Å². The molecular formula is C12H18N4O3. The molecular weight excluding hydrogens is 248 g/mol. The Bertz CT molecular complexity index is 442. The van der Waals surface area contributed by atoms with Crippen LogP contribution in [-0.2, 0) is 11.3 Å². The first-order valence-corrected chi connectivity index (χ1v) is 5.84. The van der Waals surface area contributed by atoms with Crippen LogP contribution < -0.4 is 5.32 Å². The monoisotopic (exact) mass is 266 g/mol. The molecule has 19 heavy (non-hydrogen) atoms. The summed E-state index contributed by atoms with van der Waals surface area (Å²) in [5.74, 6) is -1.05. The largest absolute Gasteiger partial charge is 0.480 e. The summed E-state index contributed by atoms with van der Waals surface area (Å²) in [6, 6.07) is 3.00. The molecule has 0 bridgehead atoms. The van der Waals surface area contributed by atoms with Gasteiger partial charge in [-0.05, 0) is 32.9 Å². The number of carboxylic acid groups (broad SMARTS) is 1. The summed E-state index contributed by atoms with van der Waals surface area (Å²) < 4.78 is 0. The molecule has 0 spiro atoms. The quantitative estimate of drug-likeness (QED) is 0.843. The summed E-state index contributed by atoms with van der Waals surface area (Å²) in [6.45, 7) is 5.18. The van der Waals surface area contributed by atoms with E-state index in [2.05, 4.69) is 15.5 Å². The van der Waals surface area contributed by atoms with Crippen molar-refractivity contribution in [1.82, 2.24) is 20.4 Å². The molecule has 0 aliphatic carbocycles. The molecule has 0 aliphatic heterocycles. The van der Waals surface area contributed by atoms with Crippen LogP contribution in [0.1, 0.15) is 26.5 Å². The molecule has 0 unspecified atom stereocenters. The highest BCUT2D eigenvalue weighted by molar-refractivity contribution is 5.80. The first-order valence-electron chi connectivity index (χ1n) is 5.84. The number of carbonyl (C=O) groups is 2. The molecule has 1 aromatic heterocycles. The number of nitrogens with zero attached hydrogens (tertiary/aromatic N) is 3. The fourth-order valence-electron chi connectivity index (χ4n) is 1.44. The van der Waals surface area contributed by atoms with Gasteiger partial charge in [0.15, 0.2) is 0 Å². The van der Waals surface area contributed by atoms with E-state index in [-0.39, 0.29) is 13.1 Å². The maximum atomic E-state index is 12.0. The standard InChI is InChI=1S/C12H18N4O3/c1-12(2,3)16(8-10(17)18)11(19)13-7-9-5-4-6-14-15-9/h4-6H,7-8H2,1-3H3,(H,13,19)(H,17,18). The highest BCUT2D eigenvalue weighted by atomic mass is 16.4. The highest BCUT2D eigenvalue weighted by Crippen LogP contribution is 2.13. The van der Waals surface area contributed by atoms with E-state index in [9.17, 15) is 9.59 Å². The SMILES string of the molecule is CC(C)(C)N(CC(=O)O)C(=O)NCc1cccnn1. The van der Waals surface area contributed by atoms with E-state index < -0.39 is 17.5 Å². The molecule has 7 heteroatoms. The number of hydrogen-bond acceptors (Lipinski definition) is 4. The number of nitrogens with one attached hydrogen (secondary N) is 1. The van der Waals surface area contributed by atoms with E-state index in [0.29, 0.717) is 5.69 Å². The van der Waals surface area contributed by atoms with Gasteiger partial charge < -0.3 is 15.3 Å². The summed E-state index contributed by atoms with van der Waals surface area (Å²) in [5, 5.41) is 19.0. The zero-order valence-corrected chi connectivity index (χ0v) is 11.3. The zero-order valence-electron chi connectivity index (χ0n) is 11.3. The van der Waals surface area contributed by atoms with Crippen LogP contribution in [0.3, 0.4) is 0 Å². The van der Waals surface area contributed by atoms with E-state index in [0.717, 1.165) is 0 Å². The fourth-order valence-corrected chi connectivity index (χ4v) is 1.44. The van der Waals surface area contributed by atoms with Crippen molar-refractivity contribution in [3.8, 4) is 0 Å². The van der Waals surface area contributed by atoms with E-state index >= 15 is 0 Å². The van der Waals surface area contributed by atoms with Crippen molar-refractivity contribution in [3.63, 3.8) is 0 Å². The third-order valence-corrected chi connectivity index (χ3v) is 2.40. The lowest BCUT2D eigenvalue weighted by atomic mass is 10.1. The molecule has 0 radical (unpaired) electrons. The Kier molecular flexibility index (Phi) is 4.80. The Morgan fingerprint density at radius 2 is 2.11 bits per heavy atom. The summed E-state index contributed by atoms with van der Waals surface area (Å²) in [6.07, 6.45) is 1.54. The second-order valence-electron chi connectivity index (χ2n) is 5.02. The minimum atomic E-state index is -1.05. The molecule has 0 atom stereocenters. The number of urea groups is 1. The van der Waals surface area contributed by atoms with Gasteiger partial charge in [-0.15, -0.1) is 0 Å². The van der Waals surface area contributed by atoms with Gasteiger partial charge in [-0.2, -0.15) is 10.2 Å². The Hall–Kier alpha value is -2.18. The number of aromatic nitrogens is 2. The predicted octanol–water partition coefficient (Wildman–Crippen LogP) is 0.871. The Morgan fingerprint density at radius 1 is 1.42 bits per heavy atom. The lowest BCUT2D eigenvalue weighted by Gasteiger charge is -2.34. The molecule has 1 aromatic rings. The molecule has 0 saturated carbocycles. The van der Waals surface area contributed by atoms with Gasteiger partial charge in [-0.25, -0.2) is 4.79 Å². The maximum Gasteiger partial charge on any atom is 0.323 e. The average molecular weight is 266 g/mol. The lowest BCUT2D eigenvalue weighted by molar-refractivity contribution is -0.138. The maximum absolute atomic E-state index is 12.0. The van der Waals surface area contributed by atoms with Crippen LogP contribution in [-0.4, -0.2) is 44.3 Å². The van der Waals surface area contributed by atoms with Crippen LogP contribution >= 0.6 is 0 Å². The molecule has 7 nitrogen and oxygen atoms in total. The van der Waals surface area contributed by atoms with Gasteiger partial charge in [-0.1, -0.05) is 0 Å². The minimum Gasteiger partial charge on any atom is -0.480 e. The van der Waals surface area contributed by atoms with Crippen molar-refractivity contribution in [1.29, 1.82) is 0 Å². The second-order valence-corrected chi connectivity index (χ2v) is 5.02. The molecule has 2 amide bonds. The fraction of sp³-hybridized carbons (Fsp3) is 0.500. The van der Waals surface area contributed by atoms with Crippen LogP contribution in [0.25, 0.3) is 0 Å². The number of carboxylic acids is 1. The van der Waals surface area contributed by atoms with Gasteiger partial charge in [0.05, 0.1) is 12.2 Å². The van der Waals surface area contributed by atoms with Crippen LogP contribution in [0.15, 0.2) is 18.3 Å². The van der Waals surface area contributed by atoms with E-state index in [1.807, 2.05) is 0 Å². The zero-order chi connectivity index (χ0) is 14.5. The number of rotatable bonds is 4. The van der Waals surface area contributed by atoms with Gasteiger partial charge in [-0.3, -0.25) is 4.79 Å². The van der Waals surface area contributed by atoms with Gasteiger partial charge in [0.25, 0.3) is 0 Å². The Morgan fingerprint density at radius 3 is 2.58 bits per heavy atom. The Balaban J connectivity index is 2.65. The third-order valence-electron chi connectivity index (χ3n) is 2.40. The van der Waals surface area contributed by atoms with Crippen molar-refractivity contribution in [2.24, 2.45) is 0 Å². The van der Waals surface area contributed by atoms with Crippen molar-refractivity contribution in [2.45, 2.75) is 32.9 Å². The third kappa shape index (κ3) is 4.90. The molecule has 1 rings (SSSR count). The smallest absolute Gasteiger partial charge is 0.323 e. The summed E-state index contributed by atoms with van der Waals surface area (Å²) >= 11 is 0. The number of hydrogen-bond donors (Lipinski definition) is 2.